The van der Waals surface area contributed by atoms with Gasteiger partial charge in [0.2, 0.25) is 11.8 Å². The Morgan fingerprint density at radius 3 is 2.36 bits per heavy atom. The molecule has 2 amide bonds. The highest BCUT2D eigenvalue weighted by atomic mass is 16.5. The average Bonchev–Trinajstić information content (AvgIpc) is 2.70. The Labute approximate surface area is 165 Å². The lowest BCUT2D eigenvalue weighted by Gasteiger charge is -2.20. The fraction of sp³-hybridized carbons (Fsp3) is 0.286. The van der Waals surface area contributed by atoms with Gasteiger partial charge in [0.15, 0.2) is 0 Å². The second-order valence-corrected chi connectivity index (χ2v) is 5.98. The Hall–Kier alpha value is -3.35. The summed E-state index contributed by atoms with van der Waals surface area (Å²) in [5.41, 5.74) is 4.87. The third-order valence-corrected chi connectivity index (χ3v) is 4.13. The van der Waals surface area contributed by atoms with E-state index in [4.69, 9.17) is 4.74 Å². The Balaban J connectivity index is 1.83. The van der Waals surface area contributed by atoms with Crippen LogP contribution in [0.2, 0.25) is 0 Å². The molecule has 148 valence electrons. The van der Waals surface area contributed by atoms with E-state index in [0.717, 1.165) is 24.3 Å². The maximum atomic E-state index is 12.0. The number of ether oxygens (including phenoxy) is 1. The molecule has 0 saturated carbocycles. The number of carbonyl (C=O) groups is 2. The SMILES string of the molecule is CCN(CC)c1ccc(C=NNC(=O)CC(=O)Nc2ccccc2OC)cc1. The number of rotatable bonds is 9. The first-order valence-corrected chi connectivity index (χ1v) is 9.17. The Kier molecular flexibility index (Phi) is 8.02. The van der Waals surface area contributed by atoms with E-state index in [2.05, 4.69) is 34.6 Å². The van der Waals surface area contributed by atoms with Gasteiger partial charge in [0, 0.05) is 18.8 Å². The lowest BCUT2D eigenvalue weighted by atomic mass is 10.2. The molecule has 0 aliphatic carbocycles. The number of anilines is 2. The molecule has 28 heavy (non-hydrogen) atoms. The van der Waals surface area contributed by atoms with Crippen molar-refractivity contribution in [3.63, 3.8) is 0 Å². The van der Waals surface area contributed by atoms with Gasteiger partial charge in [0.25, 0.3) is 0 Å². The van der Waals surface area contributed by atoms with Crippen molar-refractivity contribution in [3.8, 4) is 5.75 Å². The molecule has 0 spiro atoms. The highest BCUT2D eigenvalue weighted by Crippen LogP contribution is 2.23. The van der Waals surface area contributed by atoms with Gasteiger partial charge in [-0.2, -0.15) is 5.10 Å². The van der Waals surface area contributed by atoms with E-state index in [0.29, 0.717) is 11.4 Å². The van der Waals surface area contributed by atoms with Crippen molar-refractivity contribution in [2.45, 2.75) is 20.3 Å². The van der Waals surface area contributed by atoms with Crippen molar-refractivity contribution in [3.05, 3.63) is 54.1 Å². The molecule has 0 heterocycles. The highest BCUT2D eigenvalue weighted by Gasteiger charge is 2.11. The summed E-state index contributed by atoms with van der Waals surface area (Å²) in [6.07, 6.45) is 1.21. The van der Waals surface area contributed by atoms with Gasteiger partial charge >= 0.3 is 0 Å². The summed E-state index contributed by atoms with van der Waals surface area (Å²) in [5.74, 6) is -0.411. The van der Waals surface area contributed by atoms with Crippen LogP contribution in [-0.2, 0) is 9.59 Å². The number of nitrogens with zero attached hydrogens (tertiary/aromatic N) is 2. The summed E-state index contributed by atoms with van der Waals surface area (Å²) in [6.45, 7) is 6.10. The number of carbonyl (C=O) groups excluding carboxylic acids is 2. The number of hydrogen-bond donors (Lipinski definition) is 2. The molecular formula is C21H26N4O3. The summed E-state index contributed by atoms with van der Waals surface area (Å²) in [7, 11) is 1.51. The van der Waals surface area contributed by atoms with Crippen LogP contribution < -0.4 is 20.4 Å². The topological polar surface area (TPSA) is 83.0 Å². The zero-order chi connectivity index (χ0) is 20.4. The molecule has 0 bridgehead atoms. The molecule has 0 unspecified atom stereocenters. The lowest BCUT2D eigenvalue weighted by Crippen LogP contribution is -2.24. The van der Waals surface area contributed by atoms with Gasteiger partial charge in [-0.3, -0.25) is 9.59 Å². The molecule has 0 radical (unpaired) electrons. The Morgan fingerprint density at radius 2 is 1.71 bits per heavy atom. The average molecular weight is 382 g/mol. The van der Waals surface area contributed by atoms with E-state index in [9.17, 15) is 9.59 Å². The summed E-state index contributed by atoms with van der Waals surface area (Å²) in [5, 5.41) is 6.55. The number of methoxy groups -OCH3 is 1. The number of para-hydroxylation sites is 2. The summed E-state index contributed by atoms with van der Waals surface area (Å²) >= 11 is 0. The van der Waals surface area contributed by atoms with E-state index in [1.807, 2.05) is 24.3 Å². The second kappa shape index (κ2) is 10.7. The van der Waals surface area contributed by atoms with Crippen molar-refractivity contribution in [2.24, 2.45) is 5.10 Å². The predicted molar refractivity (Wildman–Crippen MR) is 112 cm³/mol. The Morgan fingerprint density at radius 1 is 1.04 bits per heavy atom. The monoisotopic (exact) mass is 382 g/mol. The number of nitrogens with one attached hydrogen (secondary N) is 2. The van der Waals surface area contributed by atoms with Crippen LogP contribution in [0.4, 0.5) is 11.4 Å². The van der Waals surface area contributed by atoms with Crippen LogP contribution in [0.3, 0.4) is 0 Å². The third kappa shape index (κ3) is 6.12. The van der Waals surface area contributed by atoms with Crippen LogP contribution in [0.5, 0.6) is 5.75 Å². The smallest absolute Gasteiger partial charge is 0.249 e. The standard InChI is InChI=1S/C21H26N4O3/c1-4-25(5-2)17-12-10-16(11-13-17)15-22-24-21(27)14-20(26)23-18-8-6-7-9-19(18)28-3/h6-13,15H,4-5,14H2,1-3H3,(H,23,26)(H,24,27). The number of hydrazone groups is 1. The van der Waals surface area contributed by atoms with Crippen molar-refractivity contribution in [1.82, 2.24) is 5.43 Å². The first kappa shape index (κ1) is 21.0. The predicted octanol–water partition coefficient (Wildman–Crippen LogP) is 3.02. The quantitative estimate of drug-likeness (QED) is 0.397. The van der Waals surface area contributed by atoms with Crippen LogP contribution in [-0.4, -0.2) is 38.2 Å². The molecule has 0 saturated heterocycles. The van der Waals surface area contributed by atoms with Gasteiger partial charge in [0.1, 0.15) is 12.2 Å². The third-order valence-electron chi connectivity index (χ3n) is 4.13. The van der Waals surface area contributed by atoms with Crippen LogP contribution in [0, 0.1) is 0 Å². The minimum Gasteiger partial charge on any atom is -0.495 e. The van der Waals surface area contributed by atoms with Gasteiger partial charge in [-0.1, -0.05) is 24.3 Å². The fourth-order valence-electron chi connectivity index (χ4n) is 2.67. The number of benzene rings is 2. The minimum atomic E-state index is -0.497. The summed E-state index contributed by atoms with van der Waals surface area (Å²) < 4.78 is 5.16. The summed E-state index contributed by atoms with van der Waals surface area (Å²) in [4.78, 5) is 26.1. The van der Waals surface area contributed by atoms with E-state index < -0.39 is 11.8 Å². The van der Waals surface area contributed by atoms with Gasteiger partial charge in [-0.25, -0.2) is 5.43 Å². The molecule has 0 aromatic heterocycles. The van der Waals surface area contributed by atoms with Crippen LogP contribution in [0.1, 0.15) is 25.8 Å². The normalized spacial score (nSPS) is 10.5. The molecule has 2 aromatic carbocycles. The maximum Gasteiger partial charge on any atom is 0.249 e. The van der Waals surface area contributed by atoms with E-state index in [-0.39, 0.29) is 6.42 Å². The zero-order valence-corrected chi connectivity index (χ0v) is 16.4. The van der Waals surface area contributed by atoms with Crippen molar-refractivity contribution >= 4 is 29.4 Å². The van der Waals surface area contributed by atoms with E-state index in [1.54, 1.807) is 30.5 Å². The molecule has 0 aliphatic rings. The first-order valence-electron chi connectivity index (χ1n) is 9.17. The lowest BCUT2D eigenvalue weighted by molar-refractivity contribution is -0.126. The van der Waals surface area contributed by atoms with Gasteiger partial charge in [-0.05, 0) is 43.7 Å². The minimum absolute atomic E-state index is 0.337. The molecule has 7 heteroatoms. The molecule has 2 N–H and O–H groups in total. The van der Waals surface area contributed by atoms with Crippen LogP contribution in [0.25, 0.3) is 0 Å². The molecule has 7 nitrogen and oxygen atoms in total. The van der Waals surface area contributed by atoms with Gasteiger partial charge in [-0.15, -0.1) is 0 Å². The van der Waals surface area contributed by atoms with Crippen LogP contribution >= 0.6 is 0 Å². The molecule has 0 aliphatic heterocycles. The second-order valence-electron chi connectivity index (χ2n) is 5.98. The Bertz CT molecular complexity index is 815. The zero-order valence-electron chi connectivity index (χ0n) is 16.4. The first-order chi connectivity index (χ1) is 13.6. The van der Waals surface area contributed by atoms with E-state index in [1.165, 1.54) is 7.11 Å². The van der Waals surface area contributed by atoms with Gasteiger partial charge < -0.3 is 15.0 Å². The van der Waals surface area contributed by atoms with Crippen molar-refractivity contribution in [1.29, 1.82) is 0 Å². The van der Waals surface area contributed by atoms with Gasteiger partial charge in [0.05, 0.1) is 19.0 Å². The highest BCUT2D eigenvalue weighted by molar-refractivity contribution is 6.04. The number of hydrogen-bond acceptors (Lipinski definition) is 5. The number of amides is 2. The molecule has 2 aromatic rings. The van der Waals surface area contributed by atoms with Crippen molar-refractivity contribution in [2.75, 3.05) is 30.4 Å². The summed E-state index contributed by atoms with van der Waals surface area (Å²) in [6, 6.07) is 14.9. The largest absolute Gasteiger partial charge is 0.495 e. The maximum absolute atomic E-state index is 12.0. The van der Waals surface area contributed by atoms with Crippen LogP contribution in [0.15, 0.2) is 53.6 Å². The van der Waals surface area contributed by atoms with E-state index >= 15 is 0 Å². The molecule has 2 rings (SSSR count). The molecule has 0 atom stereocenters. The molecular weight excluding hydrogens is 356 g/mol. The molecule has 0 fully saturated rings. The van der Waals surface area contributed by atoms with Crippen molar-refractivity contribution < 1.29 is 14.3 Å². The fourth-order valence-corrected chi connectivity index (χ4v) is 2.67.